The van der Waals surface area contributed by atoms with Gasteiger partial charge in [0.15, 0.2) is 5.78 Å². The van der Waals surface area contributed by atoms with Gasteiger partial charge in [-0.15, -0.1) is 0 Å². The van der Waals surface area contributed by atoms with E-state index in [1.165, 1.54) is 24.3 Å². The van der Waals surface area contributed by atoms with Gasteiger partial charge in [-0.2, -0.15) is 0 Å². The van der Waals surface area contributed by atoms with E-state index < -0.39 is 76.0 Å². The Morgan fingerprint density at radius 3 is 2.00 bits per heavy atom. The van der Waals surface area contributed by atoms with Crippen LogP contribution in [0.1, 0.15) is 21.5 Å². The Balaban J connectivity index is 1.85. The van der Waals surface area contributed by atoms with Gasteiger partial charge >= 0.3 is 10.2 Å². The maximum atomic E-state index is 14.4. The number of ketones is 1. The summed E-state index contributed by atoms with van der Waals surface area (Å²) in [6.07, 6.45) is 0. The normalized spacial score (nSPS) is 14.8. The molecule has 0 bridgehead atoms. The van der Waals surface area contributed by atoms with Crippen molar-refractivity contribution in [2.45, 2.75) is 15.7 Å². The molecule has 3 aromatic carbocycles. The van der Waals surface area contributed by atoms with Crippen LogP contribution in [0, 0.1) is 11.6 Å². The number of hydrogen-bond donors (Lipinski definition) is 1. The molecule has 0 amide bonds. The largest absolute Gasteiger partial charge is 0.344 e. The molecule has 0 fully saturated rings. The summed E-state index contributed by atoms with van der Waals surface area (Å²) in [5.41, 5.74) is -2.80. The van der Waals surface area contributed by atoms with Crippen LogP contribution in [-0.2, 0) is 16.6 Å². The number of carbonyl (C=O) groups excluding carboxylic acids is 1. The lowest BCUT2D eigenvalue weighted by atomic mass is 10.0. The predicted octanol–water partition coefficient (Wildman–Crippen LogP) is 7.00. The molecule has 1 aromatic heterocycles. The first-order valence-electron chi connectivity index (χ1n) is 9.92. The highest BCUT2D eigenvalue weighted by atomic mass is 32.5. The number of halogens is 7. The van der Waals surface area contributed by atoms with Gasteiger partial charge in [-0.1, -0.05) is 61.9 Å². The number of hydrogen-bond acceptors (Lipinski definition) is 3. The van der Waals surface area contributed by atoms with Crippen LogP contribution in [0.2, 0.25) is 0 Å². The maximum absolute atomic E-state index is 14.4. The van der Waals surface area contributed by atoms with E-state index in [4.69, 9.17) is 0 Å². The van der Waals surface area contributed by atoms with E-state index in [1.54, 1.807) is 6.07 Å². The monoisotopic (exact) mass is 549 g/mol. The fraction of sp³-hybridized carbons (Fsp3) is 0.0435. The lowest BCUT2D eigenvalue weighted by Gasteiger charge is -2.40. The van der Waals surface area contributed by atoms with Crippen molar-refractivity contribution >= 4 is 37.7 Å². The Kier molecular flexibility index (Phi) is 5.72. The van der Waals surface area contributed by atoms with E-state index in [0.29, 0.717) is 24.3 Å². The minimum atomic E-state index is -9.93. The van der Waals surface area contributed by atoms with Gasteiger partial charge in [0.1, 0.15) is 27.1 Å². The molecular formula is C23H14F7NO3S2. The molecule has 0 spiro atoms. The number of aromatic nitrogens is 1. The number of fused-ring (bicyclic) bond motifs is 1. The lowest BCUT2D eigenvalue weighted by Crippen LogP contribution is -2.23. The molecule has 4 aromatic rings. The van der Waals surface area contributed by atoms with E-state index in [1.807, 2.05) is 0 Å². The van der Waals surface area contributed by atoms with E-state index in [0.717, 1.165) is 0 Å². The summed E-state index contributed by atoms with van der Waals surface area (Å²) in [6, 6.07) is 10.2. The number of aromatic amines is 1. The van der Waals surface area contributed by atoms with Crippen LogP contribution in [0.25, 0.3) is 10.9 Å². The van der Waals surface area contributed by atoms with Crippen molar-refractivity contribution in [2.24, 2.45) is 0 Å². The summed E-state index contributed by atoms with van der Waals surface area (Å²) in [5.74, 6) is -3.81. The van der Waals surface area contributed by atoms with E-state index in [-0.39, 0.29) is 23.3 Å². The van der Waals surface area contributed by atoms with Crippen LogP contribution in [0.5, 0.6) is 0 Å². The molecule has 1 unspecified atom stereocenters. The van der Waals surface area contributed by atoms with Gasteiger partial charge in [0.2, 0.25) is 5.43 Å². The highest BCUT2D eigenvalue weighted by molar-refractivity contribution is 8.45. The van der Waals surface area contributed by atoms with E-state index in [9.17, 15) is 42.0 Å². The maximum Gasteiger partial charge on any atom is 0.310 e. The third-order valence-electron chi connectivity index (χ3n) is 5.18. The number of pyridine rings is 1. The molecule has 13 heteroatoms. The third-order valence-corrected chi connectivity index (χ3v) is 7.70. The van der Waals surface area contributed by atoms with Crippen LogP contribution < -0.4 is 5.43 Å². The molecule has 0 aliphatic heterocycles. The van der Waals surface area contributed by atoms with Crippen molar-refractivity contribution in [3.05, 3.63) is 105 Å². The zero-order valence-corrected chi connectivity index (χ0v) is 19.4. The van der Waals surface area contributed by atoms with Crippen molar-refractivity contribution in [2.75, 3.05) is 0 Å². The molecule has 4 rings (SSSR count). The Bertz CT molecular complexity index is 1600. The van der Waals surface area contributed by atoms with Gasteiger partial charge in [-0.3, -0.25) is 13.8 Å². The third kappa shape index (κ3) is 4.93. The Labute approximate surface area is 201 Å². The SMILES string of the molecule is O=C(c1ccccc1)c1c(S(=O)Cc2ccc(S(F)(F)(F)(F)F)cc2)[nH]c2c(F)ccc(F)c2c1=O. The van der Waals surface area contributed by atoms with E-state index in [2.05, 4.69) is 4.98 Å². The molecule has 36 heavy (non-hydrogen) atoms. The number of nitrogens with one attached hydrogen (secondary N) is 1. The molecular weight excluding hydrogens is 535 g/mol. The zero-order valence-electron chi connectivity index (χ0n) is 17.7. The Morgan fingerprint density at radius 1 is 0.833 bits per heavy atom. The van der Waals surface area contributed by atoms with Crippen LogP contribution in [0.3, 0.4) is 0 Å². The van der Waals surface area contributed by atoms with Gasteiger partial charge in [0.05, 0.1) is 27.5 Å². The van der Waals surface area contributed by atoms with Crippen LogP contribution in [-0.4, -0.2) is 15.0 Å². The summed E-state index contributed by atoms with van der Waals surface area (Å²) >= 11 is 0. The summed E-state index contributed by atoms with van der Waals surface area (Å²) in [7, 11) is -12.3. The molecule has 1 atom stereocenters. The summed E-state index contributed by atoms with van der Waals surface area (Å²) < 4.78 is 107. The number of benzene rings is 3. The predicted molar refractivity (Wildman–Crippen MR) is 122 cm³/mol. The summed E-state index contributed by atoms with van der Waals surface area (Å²) in [5, 5.41) is -1.38. The highest BCUT2D eigenvalue weighted by Crippen LogP contribution is 3.02. The molecule has 0 aliphatic carbocycles. The molecule has 0 saturated heterocycles. The van der Waals surface area contributed by atoms with Crippen molar-refractivity contribution in [1.82, 2.24) is 4.98 Å². The van der Waals surface area contributed by atoms with Gasteiger partial charge in [-0.05, 0) is 29.8 Å². The number of carbonyl (C=O) groups is 1. The first kappa shape index (κ1) is 25.6. The first-order valence-corrected chi connectivity index (χ1v) is 13.2. The molecule has 0 radical (unpaired) electrons. The number of rotatable bonds is 6. The van der Waals surface area contributed by atoms with Gasteiger partial charge < -0.3 is 4.98 Å². The second-order valence-electron chi connectivity index (χ2n) is 7.74. The van der Waals surface area contributed by atoms with Crippen molar-refractivity contribution in [3.8, 4) is 0 Å². The van der Waals surface area contributed by atoms with Crippen molar-refractivity contribution in [1.29, 1.82) is 0 Å². The molecule has 190 valence electrons. The fourth-order valence-electron chi connectivity index (χ4n) is 3.48. The Hall–Kier alpha value is -3.45. The standard InChI is InChI=1S/C23H14F7NO3S2/c24-16-10-11-17(25)20-18(16)22(33)19(21(32)14-4-2-1-3-5-14)23(31-20)35(34)12-13-6-8-15(9-7-13)36(26,27,28,29)30/h1-11H,12H2,(H,31,33). The Morgan fingerprint density at radius 2 is 1.42 bits per heavy atom. The van der Waals surface area contributed by atoms with Crippen LogP contribution in [0.4, 0.5) is 28.2 Å². The zero-order chi connectivity index (χ0) is 26.5. The van der Waals surface area contributed by atoms with Crippen LogP contribution >= 0.6 is 10.2 Å². The first-order chi connectivity index (χ1) is 16.6. The van der Waals surface area contributed by atoms with Gasteiger partial charge in [0.25, 0.3) is 0 Å². The molecule has 4 nitrogen and oxygen atoms in total. The van der Waals surface area contributed by atoms with Gasteiger partial charge in [-0.25, -0.2) is 8.78 Å². The highest BCUT2D eigenvalue weighted by Gasteiger charge is 2.65. The molecule has 1 heterocycles. The quantitative estimate of drug-likeness (QED) is 0.208. The number of H-pyrrole nitrogens is 1. The smallest absolute Gasteiger partial charge is 0.310 e. The fourth-order valence-corrected chi connectivity index (χ4v) is 5.40. The molecule has 1 N–H and O–H groups in total. The summed E-state index contributed by atoms with van der Waals surface area (Å²) in [6.45, 7) is 0. The average molecular weight is 549 g/mol. The van der Waals surface area contributed by atoms with Crippen LogP contribution in [0.15, 0.2) is 81.4 Å². The van der Waals surface area contributed by atoms with E-state index >= 15 is 0 Å². The van der Waals surface area contributed by atoms with Gasteiger partial charge in [0, 0.05) is 5.56 Å². The van der Waals surface area contributed by atoms with Crippen molar-refractivity contribution < 1.29 is 37.2 Å². The van der Waals surface area contributed by atoms with Crippen molar-refractivity contribution in [3.63, 3.8) is 0 Å². The molecule has 0 saturated carbocycles. The second-order valence-corrected chi connectivity index (χ2v) is 11.5. The minimum Gasteiger partial charge on any atom is -0.344 e. The summed E-state index contributed by atoms with van der Waals surface area (Å²) in [4.78, 5) is 26.5. The second kappa shape index (κ2) is 8.03. The minimum absolute atomic E-state index is 0.0300. The molecule has 0 aliphatic rings. The lowest BCUT2D eigenvalue weighted by molar-refractivity contribution is 0.103. The average Bonchev–Trinajstić information content (AvgIpc) is 2.80. The topological polar surface area (TPSA) is 67.0 Å².